The molecule has 1 aromatic carbocycles. The van der Waals surface area contributed by atoms with Crippen molar-refractivity contribution in [3.63, 3.8) is 0 Å². The smallest absolute Gasteiger partial charge is 0.412 e. The molecule has 0 saturated heterocycles. The van der Waals surface area contributed by atoms with Crippen molar-refractivity contribution in [1.29, 1.82) is 0 Å². The van der Waals surface area contributed by atoms with E-state index in [0.717, 1.165) is 0 Å². The zero-order valence-corrected chi connectivity index (χ0v) is 10.3. The van der Waals surface area contributed by atoms with Gasteiger partial charge in [0.25, 0.3) is 0 Å². The van der Waals surface area contributed by atoms with Crippen LogP contribution in [0.4, 0.5) is 10.5 Å². The van der Waals surface area contributed by atoms with Crippen molar-refractivity contribution >= 4 is 24.4 Å². The van der Waals surface area contributed by atoms with Crippen LogP contribution in [-0.4, -0.2) is 16.8 Å². The number of phenolic OH excluding ortho intramolecular Hbond substituents is 1. The standard InChI is InChI=1S/C11H15NO3S/c1-11(2,3)15-10(14)12-8-5-4-7(16)6-9(8)13/h4-6,13,16H,1-3H3,(H,12,14). The first-order valence-corrected chi connectivity index (χ1v) is 5.24. The van der Waals surface area contributed by atoms with Crippen LogP contribution < -0.4 is 5.32 Å². The number of benzene rings is 1. The Kier molecular flexibility index (Phi) is 3.70. The van der Waals surface area contributed by atoms with Crippen molar-refractivity contribution in [2.45, 2.75) is 31.3 Å². The average molecular weight is 241 g/mol. The Hall–Kier alpha value is -1.36. The lowest BCUT2D eigenvalue weighted by Crippen LogP contribution is -2.27. The van der Waals surface area contributed by atoms with Crippen LogP contribution in [0.1, 0.15) is 20.8 Å². The molecule has 0 saturated carbocycles. The van der Waals surface area contributed by atoms with Gasteiger partial charge >= 0.3 is 6.09 Å². The number of phenols is 1. The molecule has 88 valence electrons. The molecule has 1 amide bonds. The first kappa shape index (κ1) is 12.7. The van der Waals surface area contributed by atoms with Gasteiger partial charge in [0.1, 0.15) is 11.4 Å². The maximum absolute atomic E-state index is 11.4. The van der Waals surface area contributed by atoms with Crippen molar-refractivity contribution in [1.82, 2.24) is 0 Å². The van der Waals surface area contributed by atoms with E-state index in [-0.39, 0.29) is 5.75 Å². The highest BCUT2D eigenvalue weighted by Crippen LogP contribution is 2.26. The summed E-state index contributed by atoms with van der Waals surface area (Å²) in [6, 6.07) is 4.66. The number of carbonyl (C=O) groups excluding carboxylic acids is 1. The fourth-order valence-corrected chi connectivity index (χ4v) is 1.24. The van der Waals surface area contributed by atoms with Crippen LogP contribution in [0.25, 0.3) is 0 Å². The zero-order valence-electron chi connectivity index (χ0n) is 9.44. The highest BCUT2D eigenvalue weighted by Gasteiger charge is 2.17. The summed E-state index contributed by atoms with van der Waals surface area (Å²) in [5.74, 6) is -0.0432. The second-order valence-corrected chi connectivity index (χ2v) is 4.84. The molecule has 0 spiro atoms. The molecule has 1 rings (SSSR count). The number of ether oxygens (including phenoxy) is 1. The van der Waals surface area contributed by atoms with Crippen LogP contribution in [0.15, 0.2) is 23.1 Å². The zero-order chi connectivity index (χ0) is 12.3. The van der Waals surface area contributed by atoms with E-state index in [1.807, 2.05) is 0 Å². The van der Waals surface area contributed by atoms with Gasteiger partial charge in [-0.3, -0.25) is 5.32 Å². The van der Waals surface area contributed by atoms with E-state index in [1.165, 1.54) is 6.07 Å². The Balaban J connectivity index is 2.70. The molecule has 4 nitrogen and oxygen atoms in total. The van der Waals surface area contributed by atoms with Gasteiger partial charge in [0.15, 0.2) is 0 Å². The number of hydrogen-bond donors (Lipinski definition) is 3. The highest BCUT2D eigenvalue weighted by molar-refractivity contribution is 7.80. The minimum absolute atomic E-state index is 0.0432. The van der Waals surface area contributed by atoms with Crippen LogP contribution in [0.5, 0.6) is 5.75 Å². The lowest BCUT2D eigenvalue weighted by molar-refractivity contribution is 0.0635. The summed E-state index contributed by atoms with van der Waals surface area (Å²) in [4.78, 5) is 12.0. The summed E-state index contributed by atoms with van der Waals surface area (Å²) in [6.07, 6.45) is -0.602. The lowest BCUT2D eigenvalue weighted by Gasteiger charge is -2.19. The topological polar surface area (TPSA) is 58.6 Å². The van der Waals surface area contributed by atoms with Crippen molar-refractivity contribution in [2.24, 2.45) is 0 Å². The SMILES string of the molecule is CC(C)(C)OC(=O)Nc1ccc(S)cc1O. The number of nitrogens with one attached hydrogen (secondary N) is 1. The van der Waals surface area contributed by atoms with Gasteiger partial charge in [-0.1, -0.05) is 0 Å². The molecule has 0 aliphatic carbocycles. The van der Waals surface area contributed by atoms with E-state index in [2.05, 4.69) is 17.9 Å². The fraction of sp³-hybridized carbons (Fsp3) is 0.364. The van der Waals surface area contributed by atoms with Crippen LogP contribution >= 0.6 is 12.6 Å². The third-order valence-electron chi connectivity index (χ3n) is 1.62. The van der Waals surface area contributed by atoms with Gasteiger partial charge in [0.05, 0.1) is 5.69 Å². The highest BCUT2D eigenvalue weighted by atomic mass is 32.1. The van der Waals surface area contributed by atoms with Gasteiger partial charge in [-0.05, 0) is 39.0 Å². The van der Waals surface area contributed by atoms with Gasteiger partial charge in [-0.2, -0.15) is 0 Å². The number of aromatic hydroxyl groups is 1. The van der Waals surface area contributed by atoms with Crippen LogP contribution in [0, 0.1) is 0 Å². The van der Waals surface area contributed by atoms with E-state index in [9.17, 15) is 9.90 Å². The van der Waals surface area contributed by atoms with Crippen LogP contribution in [0.3, 0.4) is 0 Å². The molecule has 0 radical (unpaired) electrons. The summed E-state index contributed by atoms with van der Waals surface area (Å²) in [6.45, 7) is 5.30. The van der Waals surface area contributed by atoms with E-state index in [1.54, 1.807) is 32.9 Å². The Morgan fingerprint density at radius 2 is 2.06 bits per heavy atom. The molecular formula is C11H15NO3S. The lowest BCUT2D eigenvalue weighted by atomic mass is 10.2. The number of thiol groups is 1. The predicted octanol–water partition coefficient (Wildman–Crippen LogP) is 3.03. The number of amides is 1. The number of rotatable bonds is 1. The number of hydrogen-bond acceptors (Lipinski definition) is 4. The summed E-state index contributed by atoms with van der Waals surface area (Å²) in [5, 5.41) is 12.0. The Morgan fingerprint density at radius 3 is 2.56 bits per heavy atom. The maximum atomic E-state index is 11.4. The average Bonchev–Trinajstić information content (AvgIpc) is 2.06. The molecule has 0 atom stereocenters. The first-order valence-electron chi connectivity index (χ1n) is 4.80. The molecule has 0 bridgehead atoms. The second-order valence-electron chi connectivity index (χ2n) is 4.33. The molecule has 16 heavy (non-hydrogen) atoms. The predicted molar refractivity (Wildman–Crippen MR) is 65.2 cm³/mol. The van der Waals surface area contributed by atoms with Crippen molar-refractivity contribution < 1.29 is 14.6 Å². The van der Waals surface area contributed by atoms with Gasteiger partial charge in [0, 0.05) is 4.90 Å². The number of carbonyl (C=O) groups is 1. The number of anilines is 1. The normalized spacial score (nSPS) is 11.0. The van der Waals surface area contributed by atoms with Gasteiger partial charge < -0.3 is 9.84 Å². The van der Waals surface area contributed by atoms with E-state index in [0.29, 0.717) is 10.6 Å². The Labute approximate surface area is 100 Å². The summed E-state index contributed by atoms with van der Waals surface area (Å²) in [5.41, 5.74) is -0.268. The Morgan fingerprint density at radius 1 is 1.44 bits per heavy atom. The first-order chi connectivity index (χ1) is 7.28. The van der Waals surface area contributed by atoms with E-state index < -0.39 is 11.7 Å². The maximum Gasteiger partial charge on any atom is 0.412 e. The summed E-state index contributed by atoms with van der Waals surface area (Å²) in [7, 11) is 0. The third kappa shape index (κ3) is 4.02. The molecule has 5 heteroatoms. The summed E-state index contributed by atoms with van der Waals surface area (Å²) >= 11 is 4.06. The minimum atomic E-state index is -0.602. The quantitative estimate of drug-likeness (QED) is 0.523. The van der Waals surface area contributed by atoms with Crippen molar-refractivity contribution in [2.75, 3.05) is 5.32 Å². The van der Waals surface area contributed by atoms with Crippen molar-refractivity contribution in [3.05, 3.63) is 18.2 Å². The molecule has 0 unspecified atom stereocenters. The van der Waals surface area contributed by atoms with Crippen molar-refractivity contribution in [3.8, 4) is 5.75 Å². The summed E-state index contributed by atoms with van der Waals surface area (Å²) < 4.78 is 5.05. The second kappa shape index (κ2) is 4.65. The van der Waals surface area contributed by atoms with Gasteiger partial charge in [-0.25, -0.2) is 4.79 Å². The largest absolute Gasteiger partial charge is 0.506 e. The van der Waals surface area contributed by atoms with Gasteiger partial charge in [0.2, 0.25) is 0 Å². The van der Waals surface area contributed by atoms with E-state index in [4.69, 9.17) is 4.74 Å². The Bertz CT molecular complexity index is 399. The molecular weight excluding hydrogens is 226 g/mol. The van der Waals surface area contributed by atoms with Crippen LogP contribution in [0.2, 0.25) is 0 Å². The third-order valence-corrected chi connectivity index (χ3v) is 1.90. The van der Waals surface area contributed by atoms with E-state index >= 15 is 0 Å². The molecule has 0 aliphatic rings. The molecule has 2 N–H and O–H groups in total. The van der Waals surface area contributed by atoms with Crippen LogP contribution in [-0.2, 0) is 4.74 Å². The fourth-order valence-electron chi connectivity index (χ4n) is 1.04. The van der Waals surface area contributed by atoms with Gasteiger partial charge in [-0.15, -0.1) is 12.6 Å². The minimum Gasteiger partial charge on any atom is -0.506 e. The molecule has 0 fully saturated rings. The monoisotopic (exact) mass is 241 g/mol. The molecule has 0 aliphatic heterocycles. The molecule has 1 aromatic rings. The molecule has 0 heterocycles. The molecule has 0 aromatic heterocycles.